The zero-order valence-electron chi connectivity index (χ0n) is 11.5. The largest absolute Gasteiger partial charge is 0.354 e. The van der Waals surface area contributed by atoms with Crippen molar-refractivity contribution in [3.05, 3.63) is 33.8 Å². The smallest absolute Gasteiger partial charge is 0.230 e. The van der Waals surface area contributed by atoms with E-state index in [0.29, 0.717) is 16.6 Å². The summed E-state index contributed by atoms with van der Waals surface area (Å²) < 4.78 is 0. The predicted molar refractivity (Wildman–Crippen MR) is 86.2 cm³/mol. The first-order valence-corrected chi connectivity index (χ1v) is 7.17. The van der Waals surface area contributed by atoms with E-state index in [0.717, 1.165) is 18.4 Å². The first-order chi connectivity index (χ1) is 9.01. The fourth-order valence-corrected chi connectivity index (χ4v) is 2.95. The summed E-state index contributed by atoms with van der Waals surface area (Å²) in [4.78, 5) is 12.4. The van der Waals surface area contributed by atoms with Gasteiger partial charge in [0.2, 0.25) is 5.91 Å². The van der Waals surface area contributed by atoms with Crippen molar-refractivity contribution in [2.45, 2.75) is 31.2 Å². The van der Waals surface area contributed by atoms with Gasteiger partial charge in [0.05, 0.1) is 5.41 Å². The van der Waals surface area contributed by atoms with E-state index in [1.807, 2.05) is 14.0 Å². The summed E-state index contributed by atoms with van der Waals surface area (Å²) in [6.07, 6.45) is 1.60. The van der Waals surface area contributed by atoms with Gasteiger partial charge in [-0.05, 0) is 38.9 Å². The number of rotatable bonds is 5. The minimum Gasteiger partial charge on any atom is -0.354 e. The number of likely N-dealkylation sites (N-methyl/N-ethyl adjacent to an activating group) is 1. The molecule has 0 aliphatic heterocycles. The van der Waals surface area contributed by atoms with Crippen LogP contribution in [-0.4, -0.2) is 25.5 Å². The Balaban J connectivity index is 0.00000200. The van der Waals surface area contributed by atoms with Gasteiger partial charge in [0.25, 0.3) is 0 Å². The zero-order chi connectivity index (χ0) is 14.0. The number of carbonyl (C=O) groups is 1. The molecular weight excluding hydrogens is 319 g/mol. The number of halogens is 3. The highest BCUT2D eigenvalue weighted by atomic mass is 35.5. The van der Waals surface area contributed by atoms with Crippen molar-refractivity contribution in [1.82, 2.24) is 10.6 Å². The van der Waals surface area contributed by atoms with Crippen molar-refractivity contribution in [3.8, 4) is 0 Å². The van der Waals surface area contributed by atoms with Crippen LogP contribution in [0.25, 0.3) is 0 Å². The van der Waals surface area contributed by atoms with E-state index < -0.39 is 5.41 Å². The molecule has 0 aromatic heterocycles. The number of nitrogens with one attached hydrogen (secondary N) is 2. The van der Waals surface area contributed by atoms with Crippen LogP contribution in [0.1, 0.15) is 25.3 Å². The van der Waals surface area contributed by atoms with Crippen LogP contribution in [0.5, 0.6) is 0 Å². The fourth-order valence-electron chi connectivity index (χ4n) is 2.19. The van der Waals surface area contributed by atoms with E-state index in [4.69, 9.17) is 23.2 Å². The van der Waals surface area contributed by atoms with Crippen LogP contribution in [0.4, 0.5) is 0 Å². The molecular formula is C14H19Cl3N2O. The molecule has 1 atom stereocenters. The van der Waals surface area contributed by atoms with E-state index in [9.17, 15) is 4.79 Å². The molecule has 1 saturated carbocycles. The second-order valence-electron chi connectivity index (χ2n) is 5.08. The minimum atomic E-state index is -0.525. The fraction of sp³-hybridized carbons (Fsp3) is 0.500. The number of hydrogen-bond acceptors (Lipinski definition) is 2. The number of hydrogen-bond donors (Lipinski definition) is 2. The van der Waals surface area contributed by atoms with E-state index in [1.165, 1.54) is 0 Å². The molecule has 1 aliphatic carbocycles. The maximum absolute atomic E-state index is 12.4. The van der Waals surface area contributed by atoms with Crippen LogP contribution in [-0.2, 0) is 10.2 Å². The monoisotopic (exact) mass is 336 g/mol. The molecule has 2 N–H and O–H groups in total. The predicted octanol–water partition coefficient (Wildman–Crippen LogP) is 3.17. The highest BCUT2D eigenvalue weighted by molar-refractivity contribution is 6.36. The molecule has 0 radical (unpaired) electrons. The number of carbonyl (C=O) groups excluding carboxylic acids is 1. The molecule has 0 heterocycles. The molecule has 0 saturated heterocycles. The van der Waals surface area contributed by atoms with Crippen molar-refractivity contribution >= 4 is 41.5 Å². The highest BCUT2D eigenvalue weighted by Crippen LogP contribution is 2.53. The van der Waals surface area contributed by atoms with E-state index in [-0.39, 0.29) is 24.4 Å². The summed E-state index contributed by atoms with van der Waals surface area (Å²) in [6.45, 7) is 2.61. The molecule has 1 aromatic carbocycles. The van der Waals surface area contributed by atoms with Crippen LogP contribution in [0.3, 0.4) is 0 Å². The summed E-state index contributed by atoms with van der Waals surface area (Å²) in [7, 11) is 1.87. The Kier molecular flexibility index (Phi) is 6.14. The summed E-state index contributed by atoms with van der Waals surface area (Å²) >= 11 is 12.4. The summed E-state index contributed by atoms with van der Waals surface area (Å²) in [5.41, 5.74) is 0.246. The lowest BCUT2D eigenvalue weighted by Crippen LogP contribution is -2.42. The average molecular weight is 338 g/mol. The van der Waals surface area contributed by atoms with Crippen LogP contribution < -0.4 is 10.6 Å². The molecule has 0 bridgehead atoms. The van der Waals surface area contributed by atoms with Crippen LogP contribution in [0, 0.1) is 0 Å². The quantitative estimate of drug-likeness (QED) is 0.866. The lowest BCUT2D eigenvalue weighted by molar-refractivity contribution is -0.123. The van der Waals surface area contributed by atoms with Gasteiger partial charge in [0.1, 0.15) is 0 Å². The standard InChI is InChI=1S/C14H18Cl2N2O.ClH/c1-9(17-2)8-18-13(19)14(6-7-14)12-10(15)4-3-5-11(12)16;/h3-5,9,17H,6-8H2,1-2H3,(H,18,19);1H. The van der Waals surface area contributed by atoms with Crippen LogP contribution in [0.15, 0.2) is 18.2 Å². The maximum Gasteiger partial charge on any atom is 0.230 e. The molecule has 6 heteroatoms. The normalized spacial score (nSPS) is 17.0. The SMILES string of the molecule is CNC(C)CNC(=O)C1(c2c(Cl)cccc2Cl)CC1.Cl. The second kappa shape index (κ2) is 6.99. The highest BCUT2D eigenvalue weighted by Gasteiger charge is 2.53. The van der Waals surface area contributed by atoms with Crippen molar-refractivity contribution in [1.29, 1.82) is 0 Å². The summed E-state index contributed by atoms with van der Waals surface area (Å²) in [5, 5.41) is 7.20. The Bertz CT molecular complexity index is 469. The Hall–Kier alpha value is -0.480. The van der Waals surface area contributed by atoms with Gasteiger partial charge in [-0.1, -0.05) is 29.3 Å². The van der Waals surface area contributed by atoms with Gasteiger partial charge in [0, 0.05) is 28.2 Å². The van der Waals surface area contributed by atoms with Gasteiger partial charge < -0.3 is 10.6 Å². The van der Waals surface area contributed by atoms with E-state index in [2.05, 4.69) is 10.6 Å². The molecule has 1 aromatic rings. The molecule has 1 amide bonds. The number of amides is 1. The molecule has 3 nitrogen and oxygen atoms in total. The molecule has 20 heavy (non-hydrogen) atoms. The third kappa shape index (κ3) is 3.40. The molecule has 1 aliphatic rings. The van der Waals surface area contributed by atoms with E-state index in [1.54, 1.807) is 18.2 Å². The molecule has 1 unspecified atom stereocenters. The topological polar surface area (TPSA) is 41.1 Å². The number of benzene rings is 1. The van der Waals surface area contributed by atoms with Crippen molar-refractivity contribution in [2.24, 2.45) is 0 Å². The molecule has 1 fully saturated rings. The van der Waals surface area contributed by atoms with Gasteiger partial charge in [0.15, 0.2) is 0 Å². The summed E-state index contributed by atoms with van der Waals surface area (Å²) in [6, 6.07) is 5.60. The Morgan fingerprint density at radius 1 is 1.35 bits per heavy atom. The van der Waals surface area contributed by atoms with Gasteiger partial charge in [-0.15, -0.1) is 12.4 Å². The van der Waals surface area contributed by atoms with Crippen molar-refractivity contribution in [3.63, 3.8) is 0 Å². The first-order valence-electron chi connectivity index (χ1n) is 6.41. The zero-order valence-corrected chi connectivity index (χ0v) is 13.8. The third-order valence-electron chi connectivity index (χ3n) is 3.69. The lowest BCUT2D eigenvalue weighted by atomic mass is 9.94. The molecule has 2 rings (SSSR count). The van der Waals surface area contributed by atoms with Gasteiger partial charge in [-0.25, -0.2) is 0 Å². The van der Waals surface area contributed by atoms with Crippen molar-refractivity contribution < 1.29 is 4.79 Å². The Morgan fingerprint density at radius 2 is 1.90 bits per heavy atom. The van der Waals surface area contributed by atoms with Gasteiger partial charge >= 0.3 is 0 Å². The Morgan fingerprint density at radius 3 is 2.35 bits per heavy atom. The van der Waals surface area contributed by atoms with Crippen LogP contribution in [0.2, 0.25) is 10.0 Å². The molecule has 112 valence electrons. The van der Waals surface area contributed by atoms with Crippen LogP contribution >= 0.6 is 35.6 Å². The van der Waals surface area contributed by atoms with Gasteiger partial charge in [-0.3, -0.25) is 4.79 Å². The average Bonchev–Trinajstić information content (AvgIpc) is 3.16. The third-order valence-corrected chi connectivity index (χ3v) is 4.32. The summed E-state index contributed by atoms with van der Waals surface area (Å²) in [5.74, 6) is 0.0181. The van der Waals surface area contributed by atoms with E-state index >= 15 is 0 Å². The van der Waals surface area contributed by atoms with Crippen molar-refractivity contribution in [2.75, 3.05) is 13.6 Å². The Labute approximate surface area is 135 Å². The molecule has 0 spiro atoms. The lowest BCUT2D eigenvalue weighted by Gasteiger charge is -2.20. The first kappa shape index (κ1) is 17.6. The minimum absolute atomic E-state index is 0. The maximum atomic E-state index is 12.4. The second-order valence-corrected chi connectivity index (χ2v) is 5.89. The van der Waals surface area contributed by atoms with Gasteiger partial charge in [-0.2, -0.15) is 0 Å².